The van der Waals surface area contributed by atoms with Gasteiger partial charge in [-0.1, -0.05) is 6.07 Å². The molecule has 0 bridgehead atoms. The molecule has 1 N–H and O–H groups in total. The van der Waals surface area contributed by atoms with Crippen LogP contribution >= 0.6 is 0 Å². The van der Waals surface area contributed by atoms with Gasteiger partial charge in [-0.3, -0.25) is 0 Å². The highest BCUT2D eigenvalue weighted by Crippen LogP contribution is 2.42. The summed E-state index contributed by atoms with van der Waals surface area (Å²) in [5, 5.41) is 11.3. The molecule has 0 fully saturated rings. The van der Waals surface area contributed by atoms with Crippen molar-refractivity contribution in [2.75, 3.05) is 42.7 Å². The molecule has 0 spiro atoms. The summed E-state index contributed by atoms with van der Waals surface area (Å²) < 4.78 is 32.6. The fraction of sp³-hybridized carbons (Fsp3) is 0.280. The molecule has 170 valence electrons. The minimum Gasteiger partial charge on any atom is -0.497 e. The number of rotatable bonds is 9. The molecule has 0 aliphatic carbocycles. The van der Waals surface area contributed by atoms with Crippen molar-refractivity contribution in [3.8, 4) is 45.6 Å². The van der Waals surface area contributed by atoms with Gasteiger partial charge in [0.1, 0.15) is 23.4 Å². The summed E-state index contributed by atoms with van der Waals surface area (Å²) in [6.45, 7) is 0. The zero-order valence-corrected chi connectivity index (χ0v) is 19.1. The summed E-state index contributed by atoms with van der Waals surface area (Å²) in [6.07, 6.45) is -1.01. The Morgan fingerprint density at radius 3 is 1.59 bits per heavy atom. The molecule has 3 aromatic carbocycles. The summed E-state index contributed by atoms with van der Waals surface area (Å²) in [7, 11) is 9.37. The molecule has 0 aliphatic rings. The zero-order valence-electron chi connectivity index (χ0n) is 19.1. The van der Waals surface area contributed by atoms with Gasteiger partial charge in [-0.15, -0.1) is 0 Å². The van der Waals surface area contributed by atoms with Gasteiger partial charge < -0.3 is 33.5 Å². The Balaban J connectivity index is 2.12. The van der Waals surface area contributed by atoms with Crippen LogP contribution in [0.4, 0.5) is 0 Å². The highest BCUT2D eigenvalue weighted by atomic mass is 16.5. The van der Waals surface area contributed by atoms with Crippen molar-refractivity contribution in [2.45, 2.75) is 6.10 Å². The molecule has 0 radical (unpaired) electrons. The third kappa shape index (κ3) is 4.53. The van der Waals surface area contributed by atoms with Gasteiger partial charge in [-0.05, 0) is 53.1 Å². The number of aliphatic hydroxyl groups excluding tert-OH is 1. The van der Waals surface area contributed by atoms with Crippen LogP contribution in [0.1, 0.15) is 17.2 Å². The lowest BCUT2D eigenvalue weighted by atomic mass is 9.95. The third-order valence-corrected chi connectivity index (χ3v) is 5.21. The van der Waals surface area contributed by atoms with Crippen LogP contribution in [-0.4, -0.2) is 47.8 Å². The largest absolute Gasteiger partial charge is 0.497 e. The van der Waals surface area contributed by atoms with E-state index in [1.54, 1.807) is 39.5 Å². The van der Waals surface area contributed by atoms with Crippen molar-refractivity contribution in [3.05, 3.63) is 59.7 Å². The van der Waals surface area contributed by atoms with Crippen molar-refractivity contribution in [1.82, 2.24) is 0 Å². The van der Waals surface area contributed by atoms with Crippen molar-refractivity contribution in [2.24, 2.45) is 0 Å². The molecule has 7 heteroatoms. The van der Waals surface area contributed by atoms with Crippen LogP contribution in [0.25, 0.3) is 11.1 Å². The van der Waals surface area contributed by atoms with E-state index in [2.05, 4.69) is 0 Å². The maximum absolute atomic E-state index is 11.3. The molecule has 32 heavy (non-hydrogen) atoms. The number of hydrogen-bond acceptors (Lipinski definition) is 7. The molecule has 1 atom stereocenters. The fourth-order valence-electron chi connectivity index (χ4n) is 3.54. The monoisotopic (exact) mass is 440 g/mol. The first-order valence-corrected chi connectivity index (χ1v) is 9.88. The second-order valence-corrected chi connectivity index (χ2v) is 6.92. The molecular formula is C25H28O7. The Hall–Kier alpha value is -3.58. The lowest BCUT2D eigenvalue weighted by molar-refractivity contribution is 0.213. The first-order chi connectivity index (χ1) is 15.5. The first kappa shape index (κ1) is 23.1. The normalized spacial score (nSPS) is 11.5. The van der Waals surface area contributed by atoms with Gasteiger partial charge in [-0.25, -0.2) is 0 Å². The quantitative estimate of drug-likeness (QED) is 0.526. The van der Waals surface area contributed by atoms with Gasteiger partial charge in [0, 0.05) is 11.6 Å². The van der Waals surface area contributed by atoms with E-state index in [0.717, 1.165) is 11.1 Å². The zero-order chi connectivity index (χ0) is 23.3. The van der Waals surface area contributed by atoms with E-state index >= 15 is 0 Å². The van der Waals surface area contributed by atoms with E-state index in [4.69, 9.17) is 28.4 Å². The molecular weight excluding hydrogens is 412 g/mol. The second-order valence-electron chi connectivity index (χ2n) is 6.92. The topological polar surface area (TPSA) is 75.6 Å². The smallest absolute Gasteiger partial charge is 0.203 e. The van der Waals surface area contributed by atoms with Gasteiger partial charge in [0.15, 0.2) is 11.5 Å². The summed E-state index contributed by atoms with van der Waals surface area (Å²) in [5.74, 6) is 3.24. The average Bonchev–Trinajstić information content (AvgIpc) is 2.86. The van der Waals surface area contributed by atoms with Crippen LogP contribution in [0.3, 0.4) is 0 Å². The Bertz CT molecular complexity index is 1030. The molecule has 7 nitrogen and oxygen atoms in total. The van der Waals surface area contributed by atoms with Crippen LogP contribution in [0, 0.1) is 0 Å². The highest BCUT2D eigenvalue weighted by Gasteiger charge is 2.22. The van der Waals surface area contributed by atoms with Crippen LogP contribution < -0.4 is 28.4 Å². The van der Waals surface area contributed by atoms with E-state index in [1.165, 1.54) is 21.3 Å². The van der Waals surface area contributed by atoms with Crippen LogP contribution in [0.2, 0.25) is 0 Å². The highest BCUT2D eigenvalue weighted by molar-refractivity contribution is 5.70. The molecule has 0 saturated carbocycles. The van der Waals surface area contributed by atoms with Crippen molar-refractivity contribution in [1.29, 1.82) is 0 Å². The van der Waals surface area contributed by atoms with Gasteiger partial charge in [-0.2, -0.15) is 0 Å². The van der Waals surface area contributed by atoms with Crippen molar-refractivity contribution in [3.63, 3.8) is 0 Å². The molecule has 0 aromatic heterocycles. The lowest BCUT2D eigenvalue weighted by Crippen LogP contribution is -2.05. The third-order valence-electron chi connectivity index (χ3n) is 5.21. The average molecular weight is 440 g/mol. The summed E-state index contributed by atoms with van der Waals surface area (Å²) in [6, 6.07) is 14.6. The van der Waals surface area contributed by atoms with E-state index < -0.39 is 6.10 Å². The molecule has 3 aromatic rings. The molecule has 0 amide bonds. The predicted molar refractivity (Wildman–Crippen MR) is 122 cm³/mol. The van der Waals surface area contributed by atoms with E-state index in [0.29, 0.717) is 45.6 Å². The number of benzene rings is 3. The van der Waals surface area contributed by atoms with Crippen LogP contribution in [0.5, 0.6) is 34.5 Å². The molecule has 0 saturated heterocycles. The minimum absolute atomic E-state index is 0.452. The molecule has 3 rings (SSSR count). The van der Waals surface area contributed by atoms with E-state index in [1.807, 2.05) is 30.3 Å². The second kappa shape index (κ2) is 10.2. The fourth-order valence-corrected chi connectivity index (χ4v) is 3.54. The van der Waals surface area contributed by atoms with Crippen molar-refractivity contribution < 1.29 is 33.5 Å². The predicted octanol–water partition coefficient (Wildman–Crippen LogP) is 4.49. The summed E-state index contributed by atoms with van der Waals surface area (Å²) in [5.41, 5.74) is 2.89. The van der Waals surface area contributed by atoms with Gasteiger partial charge in [0.25, 0.3) is 0 Å². The number of hydrogen-bond donors (Lipinski definition) is 1. The molecule has 0 aliphatic heterocycles. The SMILES string of the molecule is COc1cc(OC)cc(-c2ccc(OC)c(C(O)c3cc(OC)c(OC)c(OC)c3)c2)c1. The summed E-state index contributed by atoms with van der Waals surface area (Å²) in [4.78, 5) is 0. The maximum Gasteiger partial charge on any atom is 0.203 e. The van der Waals surface area contributed by atoms with E-state index in [-0.39, 0.29) is 0 Å². The number of ether oxygens (including phenoxy) is 6. The Morgan fingerprint density at radius 1 is 0.562 bits per heavy atom. The number of aliphatic hydroxyl groups is 1. The van der Waals surface area contributed by atoms with Gasteiger partial charge in [0.2, 0.25) is 5.75 Å². The Labute approximate surface area is 188 Å². The van der Waals surface area contributed by atoms with E-state index in [9.17, 15) is 5.11 Å². The van der Waals surface area contributed by atoms with Gasteiger partial charge >= 0.3 is 0 Å². The maximum atomic E-state index is 11.3. The van der Waals surface area contributed by atoms with Gasteiger partial charge in [0.05, 0.1) is 42.7 Å². The molecule has 1 unspecified atom stereocenters. The van der Waals surface area contributed by atoms with Crippen LogP contribution in [0.15, 0.2) is 48.5 Å². The minimum atomic E-state index is -1.01. The first-order valence-electron chi connectivity index (χ1n) is 9.88. The van der Waals surface area contributed by atoms with Crippen molar-refractivity contribution >= 4 is 0 Å². The molecule has 0 heterocycles. The van der Waals surface area contributed by atoms with Crippen LogP contribution in [-0.2, 0) is 0 Å². The Morgan fingerprint density at radius 2 is 1.12 bits per heavy atom. The summed E-state index contributed by atoms with van der Waals surface area (Å²) >= 11 is 0. The standard InChI is InChI=1S/C25H28O7/c1-27-18-9-16(10-19(14-18)28-2)15-7-8-21(29-3)20(11-15)24(26)17-12-22(30-4)25(32-6)23(13-17)31-5/h7-14,24,26H,1-6H3. The lowest BCUT2D eigenvalue weighted by Gasteiger charge is -2.20. The Kier molecular flexibility index (Phi) is 7.33. The number of methoxy groups -OCH3 is 6.